The van der Waals surface area contributed by atoms with Crippen molar-refractivity contribution in [1.82, 2.24) is 10.3 Å². The molecule has 0 spiro atoms. The van der Waals surface area contributed by atoms with E-state index in [9.17, 15) is 0 Å². The van der Waals surface area contributed by atoms with Crippen molar-refractivity contribution in [2.24, 2.45) is 0 Å². The SMILES string of the molecule is Cc1ccc(CNC(=S)Nc2ccc(N3CCOCC3)nc2)o1. The second-order valence-corrected chi connectivity index (χ2v) is 5.73. The van der Waals surface area contributed by atoms with Crippen LogP contribution in [0.5, 0.6) is 0 Å². The van der Waals surface area contributed by atoms with Gasteiger partial charge in [0.05, 0.1) is 31.6 Å². The Hall–Kier alpha value is -2.12. The van der Waals surface area contributed by atoms with E-state index in [4.69, 9.17) is 21.4 Å². The first-order valence-corrected chi connectivity index (χ1v) is 8.00. The first-order valence-electron chi connectivity index (χ1n) is 7.59. The third-order valence-corrected chi connectivity index (χ3v) is 3.81. The van der Waals surface area contributed by atoms with Crippen LogP contribution in [-0.4, -0.2) is 36.4 Å². The lowest BCUT2D eigenvalue weighted by atomic mass is 10.3. The number of furan rings is 1. The van der Waals surface area contributed by atoms with E-state index < -0.39 is 0 Å². The summed E-state index contributed by atoms with van der Waals surface area (Å²) in [7, 11) is 0. The zero-order chi connectivity index (χ0) is 16.1. The Bertz CT molecular complexity index is 650. The highest BCUT2D eigenvalue weighted by molar-refractivity contribution is 7.80. The number of pyridine rings is 1. The van der Waals surface area contributed by atoms with Crippen LogP contribution in [-0.2, 0) is 11.3 Å². The smallest absolute Gasteiger partial charge is 0.171 e. The summed E-state index contributed by atoms with van der Waals surface area (Å²) in [5.41, 5.74) is 0.857. The fraction of sp³-hybridized carbons (Fsp3) is 0.375. The standard InChI is InChI=1S/C16H20N4O2S/c1-12-2-4-14(22-12)11-18-16(23)19-13-3-5-15(17-10-13)20-6-8-21-9-7-20/h2-5,10H,6-9,11H2,1H3,(H2,18,19,23). The molecule has 0 aromatic carbocycles. The molecule has 1 aliphatic rings. The van der Waals surface area contributed by atoms with Crippen molar-refractivity contribution in [2.75, 3.05) is 36.5 Å². The number of anilines is 2. The molecule has 0 saturated carbocycles. The molecule has 0 radical (unpaired) electrons. The number of aryl methyl sites for hydroxylation is 1. The van der Waals surface area contributed by atoms with Gasteiger partial charge in [0.2, 0.25) is 0 Å². The molecule has 3 heterocycles. The maximum Gasteiger partial charge on any atom is 0.171 e. The minimum Gasteiger partial charge on any atom is -0.465 e. The van der Waals surface area contributed by atoms with Crippen molar-refractivity contribution >= 4 is 28.8 Å². The molecule has 2 aromatic heterocycles. The van der Waals surface area contributed by atoms with Crippen molar-refractivity contribution < 1.29 is 9.15 Å². The summed E-state index contributed by atoms with van der Waals surface area (Å²) in [5, 5.41) is 6.77. The average molecular weight is 332 g/mol. The zero-order valence-electron chi connectivity index (χ0n) is 13.0. The molecule has 122 valence electrons. The molecule has 0 bridgehead atoms. The number of rotatable bonds is 4. The minimum atomic E-state index is 0.542. The van der Waals surface area contributed by atoms with Gasteiger partial charge in [0.25, 0.3) is 0 Å². The fourth-order valence-corrected chi connectivity index (χ4v) is 2.55. The van der Waals surface area contributed by atoms with Gasteiger partial charge >= 0.3 is 0 Å². The van der Waals surface area contributed by atoms with Crippen molar-refractivity contribution in [1.29, 1.82) is 0 Å². The third kappa shape index (κ3) is 4.43. The molecule has 0 amide bonds. The highest BCUT2D eigenvalue weighted by Gasteiger charge is 2.12. The van der Waals surface area contributed by atoms with Gasteiger partial charge in [-0.15, -0.1) is 0 Å². The van der Waals surface area contributed by atoms with Crippen LogP contribution in [0, 0.1) is 6.92 Å². The van der Waals surface area contributed by atoms with Gasteiger partial charge in [-0.25, -0.2) is 4.98 Å². The Morgan fingerprint density at radius 3 is 2.74 bits per heavy atom. The molecule has 1 fully saturated rings. The van der Waals surface area contributed by atoms with Crippen LogP contribution in [0.15, 0.2) is 34.9 Å². The zero-order valence-corrected chi connectivity index (χ0v) is 13.9. The van der Waals surface area contributed by atoms with Gasteiger partial charge in [-0.3, -0.25) is 0 Å². The number of nitrogens with one attached hydrogen (secondary N) is 2. The molecular weight excluding hydrogens is 312 g/mol. The lowest BCUT2D eigenvalue weighted by Gasteiger charge is -2.27. The van der Waals surface area contributed by atoms with Crippen LogP contribution in [0.3, 0.4) is 0 Å². The molecule has 2 aromatic rings. The Morgan fingerprint density at radius 1 is 1.26 bits per heavy atom. The number of aromatic nitrogens is 1. The molecule has 0 unspecified atom stereocenters. The Labute approximate surface area is 140 Å². The Kier molecular flexibility index (Phi) is 5.09. The number of hydrogen-bond acceptors (Lipinski definition) is 5. The maximum absolute atomic E-state index is 5.49. The Balaban J connectivity index is 1.50. The first kappa shape index (κ1) is 15.8. The van der Waals surface area contributed by atoms with E-state index >= 15 is 0 Å². The van der Waals surface area contributed by atoms with Gasteiger partial charge in [0, 0.05) is 13.1 Å². The van der Waals surface area contributed by atoms with E-state index in [1.54, 1.807) is 6.20 Å². The number of hydrogen-bond donors (Lipinski definition) is 2. The highest BCUT2D eigenvalue weighted by atomic mass is 32.1. The van der Waals surface area contributed by atoms with Crippen molar-refractivity contribution in [3.8, 4) is 0 Å². The van der Waals surface area contributed by atoms with Crippen molar-refractivity contribution in [2.45, 2.75) is 13.5 Å². The quantitative estimate of drug-likeness (QED) is 0.833. The van der Waals surface area contributed by atoms with E-state index in [2.05, 4.69) is 20.5 Å². The summed E-state index contributed by atoms with van der Waals surface area (Å²) in [6.45, 7) is 5.73. The topological polar surface area (TPSA) is 62.6 Å². The summed E-state index contributed by atoms with van der Waals surface area (Å²) in [6, 6.07) is 7.83. The van der Waals surface area contributed by atoms with Crippen LogP contribution in [0.1, 0.15) is 11.5 Å². The first-order chi connectivity index (χ1) is 11.2. The normalized spacial score (nSPS) is 14.6. The molecule has 23 heavy (non-hydrogen) atoms. The van der Waals surface area contributed by atoms with E-state index in [-0.39, 0.29) is 0 Å². The predicted octanol–water partition coefficient (Wildman–Crippen LogP) is 2.31. The van der Waals surface area contributed by atoms with Crippen LogP contribution in [0.4, 0.5) is 11.5 Å². The second kappa shape index (κ2) is 7.43. The van der Waals surface area contributed by atoms with Gasteiger partial charge in [-0.2, -0.15) is 0 Å². The largest absolute Gasteiger partial charge is 0.465 e. The van der Waals surface area contributed by atoms with Crippen molar-refractivity contribution in [3.63, 3.8) is 0 Å². The van der Waals surface area contributed by atoms with Gasteiger partial charge in [0.1, 0.15) is 17.3 Å². The molecule has 0 atom stereocenters. The van der Waals surface area contributed by atoms with Gasteiger partial charge < -0.3 is 24.7 Å². The monoisotopic (exact) mass is 332 g/mol. The maximum atomic E-state index is 5.49. The third-order valence-electron chi connectivity index (χ3n) is 3.56. The molecule has 7 heteroatoms. The summed E-state index contributed by atoms with van der Waals surface area (Å²) < 4.78 is 10.8. The van der Waals surface area contributed by atoms with Gasteiger partial charge in [-0.05, 0) is 43.4 Å². The van der Waals surface area contributed by atoms with Crippen molar-refractivity contribution in [3.05, 3.63) is 42.0 Å². The molecule has 1 saturated heterocycles. The van der Waals surface area contributed by atoms with Crippen LogP contribution in [0.25, 0.3) is 0 Å². The average Bonchev–Trinajstić information content (AvgIpc) is 3.00. The summed E-state index contributed by atoms with van der Waals surface area (Å²) >= 11 is 5.28. The lowest BCUT2D eigenvalue weighted by molar-refractivity contribution is 0.122. The second-order valence-electron chi connectivity index (χ2n) is 5.32. The number of thiocarbonyl (C=S) groups is 1. The van der Waals surface area contributed by atoms with Gasteiger partial charge in [0.15, 0.2) is 5.11 Å². The molecule has 1 aliphatic heterocycles. The van der Waals surface area contributed by atoms with Crippen LogP contribution in [0.2, 0.25) is 0 Å². The number of ether oxygens (including phenoxy) is 1. The highest BCUT2D eigenvalue weighted by Crippen LogP contribution is 2.15. The van der Waals surface area contributed by atoms with Crippen LogP contribution >= 0.6 is 12.2 Å². The minimum absolute atomic E-state index is 0.542. The Morgan fingerprint density at radius 2 is 2.09 bits per heavy atom. The molecule has 6 nitrogen and oxygen atoms in total. The molecular formula is C16H20N4O2S. The van der Waals surface area contributed by atoms with Crippen LogP contribution < -0.4 is 15.5 Å². The summed E-state index contributed by atoms with van der Waals surface area (Å²) in [5.74, 6) is 2.71. The number of morpholine rings is 1. The molecule has 2 N–H and O–H groups in total. The van der Waals surface area contributed by atoms with E-state index in [0.29, 0.717) is 11.7 Å². The fourth-order valence-electron chi connectivity index (χ4n) is 2.36. The van der Waals surface area contributed by atoms with Gasteiger partial charge in [-0.1, -0.05) is 0 Å². The lowest BCUT2D eigenvalue weighted by Crippen LogP contribution is -2.36. The van der Waals surface area contributed by atoms with E-state index in [0.717, 1.165) is 49.3 Å². The number of nitrogens with zero attached hydrogens (tertiary/aromatic N) is 2. The predicted molar refractivity (Wildman–Crippen MR) is 93.8 cm³/mol. The summed E-state index contributed by atoms with van der Waals surface area (Å²) in [6.07, 6.45) is 1.79. The summed E-state index contributed by atoms with van der Waals surface area (Å²) in [4.78, 5) is 6.69. The van der Waals surface area contributed by atoms with E-state index in [1.807, 2.05) is 31.2 Å². The van der Waals surface area contributed by atoms with E-state index in [1.165, 1.54) is 0 Å². The molecule has 0 aliphatic carbocycles. The molecule has 3 rings (SSSR count).